The van der Waals surface area contributed by atoms with Crippen LogP contribution in [0.3, 0.4) is 0 Å². The molecule has 86 valence electrons. The van der Waals surface area contributed by atoms with Crippen molar-refractivity contribution in [2.45, 2.75) is 25.7 Å². The largest absolute Gasteiger partial charge is 0.489 e. The summed E-state index contributed by atoms with van der Waals surface area (Å²) in [6.45, 7) is 3.66. The average Bonchev–Trinajstić information content (AvgIpc) is 3.02. The Bertz CT molecular complexity index is 413. The molecule has 1 heterocycles. The Hall–Kier alpha value is -0.890. The molecule has 3 rings (SSSR count). The number of hydrogen-bond donors (Lipinski definition) is 0. The minimum Gasteiger partial charge on any atom is -0.489 e. The molecular weight excluding hydrogens is 224 g/mol. The van der Waals surface area contributed by atoms with E-state index in [2.05, 4.69) is 6.92 Å². The van der Waals surface area contributed by atoms with Crippen LogP contribution >= 0.6 is 11.6 Å². The Balaban J connectivity index is 1.89. The fourth-order valence-electron chi connectivity index (χ4n) is 2.01. The number of halogens is 1. The van der Waals surface area contributed by atoms with E-state index in [9.17, 15) is 0 Å². The second-order valence-electron chi connectivity index (χ2n) is 4.76. The van der Waals surface area contributed by atoms with Crippen LogP contribution in [0.4, 0.5) is 0 Å². The Morgan fingerprint density at radius 1 is 1.44 bits per heavy atom. The van der Waals surface area contributed by atoms with Crippen LogP contribution in [0, 0.1) is 5.92 Å². The molecule has 1 aliphatic heterocycles. The maximum Gasteiger partial charge on any atom is 0.180 e. The first-order valence-corrected chi connectivity index (χ1v) is 6.21. The molecule has 2 aliphatic rings. The minimum atomic E-state index is 0.440. The highest BCUT2D eigenvalue weighted by molar-refractivity contribution is 6.32. The lowest BCUT2D eigenvalue weighted by Gasteiger charge is -2.11. The van der Waals surface area contributed by atoms with Gasteiger partial charge >= 0.3 is 0 Å². The van der Waals surface area contributed by atoms with Gasteiger partial charge in [0.2, 0.25) is 0 Å². The maximum absolute atomic E-state index is 6.15. The molecule has 0 spiro atoms. The fourth-order valence-corrected chi connectivity index (χ4v) is 2.21. The molecule has 0 aromatic heterocycles. The van der Waals surface area contributed by atoms with Crippen molar-refractivity contribution in [3.05, 3.63) is 22.7 Å². The maximum atomic E-state index is 6.15. The molecule has 1 atom stereocenters. The van der Waals surface area contributed by atoms with Crippen LogP contribution in [-0.4, -0.2) is 13.2 Å². The smallest absolute Gasteiger partial charge is 0.180 e. The van der Waals surface area contributed by atoms with Crippen molar-refractivity contribution < 1.29 is 9.47 Å². The molecule has 0 bridgehead atoms. The molecule has 1 saturated carbocycles. The number of hydrogen-bond acceptors (Lipinski definition) is 2. The van der Waals surface area contributed by atoms with Crippen LogP contribution in [0.5, 0.6) is 11.5 Å². The molecule has 0 radical (unpaired) electrons. The van der Waals surface area contributed by atoms with E-state index < -0.39 is 0 Å². The molecule has 16 heavy (non-hydrogen) atoms. The Morgan fingerprint density at radius 3 is 3.00 bits per heavy atom. The third kappa shape index (κ3) is 1.75. The summed E-state index contributed by atoms with van der Waals surface area (Å²) in [4.78, 5) is 0. The van der Waals surface area contributed by atoms with Crippen LogP contribution < -0.4 is 9.47 Å². The second-order valence-corrected chi connectivity index (χ2v) is 5.17. The topological polar surface area (TPSA) is 18.5 Å². The first-order valence-electron chi connectivity index (χ1n) is 5.83. The number of rotatable bonds is 3. The van der Waals surface area contributed by atoms with Crippen LogP contribution in [-0.2, 0) is 0 Å². The fraction of sp³-hybridized carbons (Fsp3) is 0.538. The van der Waals surface area contributed by atoms with Crippen molar-refractivity contribution >= 4 is 11.6 Å². The predicted molar refractivity (Wildman–Crippen MR) is 63.6 cm³/mol. The van der Waals surface area contributed by atoms with E-state index in [1.165, 1.54) is 18.4 Å². The summed E-state index contributed by atoms with van der Waals surface area (Å²) in [5.74, 6) is 2.78. The van der Waals surface area contributed by atoms with Gasteiger partial charge in [0, 0.05) is 11.5 Å². The zero-order valence-electron chi connectivity index (χ0n) is 9.33. The van der Waals surface area contributed by atoms with Gasteiger partial charge in [0.05, 0.1) is 18.2 Å². The van der Waals surface area contributed by atoms with Crippen LogP contribution in [0.25, 0.3) is 0 Å². The summed E-state index contributed by atoms with van der Waals surface area (Å²) >= 11 is 6.15. The van der Waals surface area contributed by atoms with Gasteiger partial charge in [0.1, 0.15) is 0 Å². The first kappa shape index (κ1) is 10.3. The van der Waals surface area contributed by atoms with Gasteiger partial charge in [0.25, 0.3) is 0 Å². The van der Waals surface area contributed by atoms with Crippen molar-refractivity contribution in [1.29, 1.82) is 0 Å². The highest BCUT2D eigenvalue weighted by Crippen LogP contribution is 2.45. The summed E-state index contributed by atoms with van der Waals surface area (Å²) in [7, 11) is 0. The predicted octanol–water partition coefficient (Wildman–Crippen LogP) is 3.62. The minimum absolute atomic E-state index is 0.440. The molecule has 0 saturated heterocycles. The highest BCUT2D eigenvalue weighted by atomic mass is 35.5. The van der Waals surface area contributed by atoms with Gasteiger partial charge in [0.15, 0.2) is 11.5 Å². The van der Waals surface area contributed by atoms with Crippen molar-refractivity contribution in [1.82, 2.24) is 0 Å². The quantitative estimate of drug-likeness (QED) is 0.801. The highest BCUT2D eigenvalue weighted by Gasteiger charge is 2.28. The van der Waals surface area contributed by atoms with Gasteiger partial charge in [-0.2, -0.15) is 0 Å². The number of ether oxygens (including phenoxy) is 2. The summed E-state index contributed by atoms with van der Waals surface area (Å²) in [5, 5.41) is 0.661. The molecule has 2 nitrogen and oxygen atoms in total. The van der Waals surface area contributed by atoms with Crippen molar-refractivity contribution in [3.8, 4) is 11.5 Å². The van der Waals surface area contributed by atoms with Crippen LogP contribution in [0.15, 0.2) is 12.1 Å². The second kappa shape index (κ2) is 3.85. The molecule has 1 aromatic rings. The van der Waals surface area contributed by atoms with Gasteiger partial charge in [-0.05, 0) is 24.8 Å². The van der Waals surface area contributed by atoms with Crippen molar-refractivity contribution in [3.63, 3.8) is 0 Å². The van der Waals surface area contributed by atoms with Gasteiger partial charge in [-0.3, -0.25) is 0 Å². The summed E-state index contributed by atoms with van der Waals surface area (Å²) < 4.78 is 11.5. The molecule has 1 aliphatic carbocycles. The lowest BCUT2D eigenvalue weighted by atomic mass is 10.0. The lowest BCUT2D eigenvalue weighted by molar-refractivity contribution is 0.271. The van der Waals surface area contributed by atoms with Gasteiger partial charge < -0.3 is 9.47 Å². The zero-order chi connectivity index (χ0) is 11.1. The third-order valence-corrected chi connectivity index (χ3v) is 3.56. The van der Waals surface area contributed by atoms with Crippen LogP contribution in [0.1, 0.15) is 31.2 Å². The van der Waals surface area contributed by atoms with Gasteiger partial charge in [-0.15, -0.1) is 0 Å². The lowest BCUT2D eigenvalue weighted by Crippen LogP contribution is -2.01. The van der Waals surface area contributed by atoms with Gasteiger partial charge in [-0.25, -0.2) is 0 Å². The van der Waals surface area contributed by atoms with E-state index in [-0.39, 0.29) is 0 Å². The van der Waals surface area contributed by atoms with E-state index in [1.807, 2.05) is 12.1 Å². The summed E-state index contributed by atoms with van der Waals surface area (Å²) in [6, 6.07) is 3.95. The third-order valence-electron chi connectivity index (χ3n) is 3.26. The Labute approximate surface area is 101 Å². The Kier molecular flexibility index (Phi) is 2.47. The summed E-state index contributed by atoms with van der Waals surface area (Å²) in [5.41, 5.74) is 1.22. The monoisotopic (exact) mass is 238 g/mol. The molecule has 1 aromatic carbocycles. The van der Waals surface area contributed by atoms with E-state index in [0.29, 0.717) is 10.9 Å². The van der Waals surface area contributed by atoms with Crippen LogP contribution in [0.2, 0.25) is 5.02 Å². The number of benzene rings is 1. The molecule has 1 fully saturated rings. The van der Waals surface area contributed by atoms with E-state index in [0.717, 1.165) is 30.6 Å². The SMILES string of the molecule is C[C@@H]1COc2c1ccc(Cl)c2OCC1CC1. The van der Waals surface area contributed by atoms with Crippen molar-refractivity contribution in [2.24, 2.45) is 5.92 Å². The normalized spacial score (nSPS) is 22.8. The van der Waals surface area contributed by atoms with E-state index in [4.69, 9.17) is 21.1 Å². The van der Waals surface area contributed by atoms with E-state index in [1.54, 1.807) is 0 Å². The van der Waals surface area contributed by atoms with E-state index >= 15 is 0 Å². The average molecular weight is 239 g/mol. The molecular formula is C13H15ClO2. The zero-order valence-corrected chi connectivity index (χ0v) is 10.1. The molecule has 0 unspecified atom stereocenters. The first-order chi connectivity index (χ1) is 7.75. The number of fused-ring (bicyclic) bond motifs is 1. The Morgan fingerprint density at radius 2 is 2.25 bits per heavy atom. The molecule has 3 heteroatoms. The van der Waals surface area contributed by atoms with Gasteiger partial charge in [-0.1, -0.05) is 24.6 Å². The molecule has 0 N–H and O–H groups in total. The van der Waals surface area contributed by atoms with Crippen molar-refractivity contribution in [2.75, 3.05) is 13.2 Å². The summed E-state index contributed by atoms with van der Waals surface area (Å²) in [6.07, 6.45) is 2.56. The standard InChI is InChI=1S/C13H15ClO2/c1-8-6-15-12-10(8)4-5-11(14)13(12)16-7-9-2-3-9/h4-5,8-9H,2-3,6-7H2,1H3/t8-/m1/s1. The molecule has 0 amide bonds.